The molecule has 1 saturated carbocycles. The van der Waals surface area contributed by atoms with Gasteiger partial charge in [-0.05, 0) is 37.3 Å². The molecule has 1 heterocycles. The van der Waals surface area contributed by atoms with Gasteiger partial charge >= 0.3 is 0 Å². The first-order chi connectivity index (χ1) is 7.79. The van der Waals surface area contributed by atoms with Crippen molar-refractivity contribution in [1.82, 2.24) is 4.90 Å². The van der Waals surface area contributed by atoms with Gasteiger partial charge in [0.25, 0.3) is 0 Å². The van der Waals surface area contributed by atoms with Gasteiger partial charge in [0.15, 0.2) is 0 Å². The lowest BCUT2D eigenvalue weighted by Gasteiger charge is -2.15. The summed E-state index contributed by atoms with van der Waals surface area (Å²) >= 11 is 1.79. The molecule has 1 aromatic rings. The minimum absolute atomic E-state index is 0.438. The fourth-order valence-corrected chi connectivity index (χ4v) is 2.68. The maximum Gasteiger partial charge on any atom is 0.0555 e. The van der Waals surface area contributed by atoms with Crippen LogP contribution >= 0.6 is 11.3 Å². The highest BCUT2D eigenvalue weighted by Crippen LogP contribution is 2.30. The molecular weight excluding hydrogens is 216 g/mol. The van der Waals surface area contributed by atoms with Crippen molar-refractivity contribution in [3.8, 4) is 11.8 Å². The lowest BCUT2D eigenvalue weighted by molar-refractivity contribution is 0.315. The predicted molar refractivity (Wildman–Crippen MR) is 69.3 cm³/mol. The molecule has 1 aromatic heterocycles. The van der Waals surface area contributed by atoms with Gasteiger partial charge in [0.1, 0.15) is 0 Å². The van der Waals surface area contributed by atoms with Crippen molar-refractivity contribution >= 4 is 11.3 Å². The summed E-state index contributed by atoms with van der Waals surface area (Å²) in [5, 5.41) is 2.11. The van der Waals surface area contributed by atoms with Crippen LogP contribution in [0.1, 0.15) is 23.3 Å². The zero-order chi connectivity index (χ0) is 11.4. The van der Waals surface area contributed by atoms with E-state index >= 15 is 0 Å². The lowest BCUT2D eigenvalue weighted by atomic mass is 10.2. The third-order valence-electron chi connectivity index (χ3n) is 2.75. The summed E-state index contributed by atoms with van der Waals surface area (Å²) in [4.78, 5) is 3.76. The van der Waals surface area contributed by atoms with Gasteiger partial charge < -0.3 is 10.6 Å². The van der Waals surface area contributed by atoms with Crippen LogP contribution in [0.15, 0.2) is 11.4 Å². The Hall–Kier alpha value is -0.820. The highest BCUT2D eigenvalue weighted by Gasteiger charge is 2.23. The average Bonchev–Trinajstić information content (AvgIpc) is 2.95. The second-order valence-corrected chi connectivity index (χ2v) is 5.40. The van der Waals surface area contributed by atoms with E-state index in [0.29, 0.717) is 6.54 Å². The van der Waals surface area contributed by atoms with Crippen LogP contribution < -0.4 is 5.73 Å². The van der Waals surface area contributed by atoms with E-state index in [9.17, 15) is 0 Å². The largest absolute Gasteiger partial charge is 0.320 e. The third kappa shape index (κ3) is 3.34. The minimum atomic E-state index is 0.438. The summed E-state index contributed by atoms with van der Waals surface area (Å²) in [5.41, 5.74) is 6.54. The van der Waals surface area contributed by atoms with Crippen LogP contribution in [0.5, 0.6) is 0 Å². The molecule has 16 heavy (non-hydrogen) atoms. The van der Waals surface area contributed by atoms with E-state index in [-0.39, 0.29) is 0 Å². The Morgan fingerprint density at radius 2 is 2.38 bits per heavy atom. The van der Waals surface area contributed by atoms with E-state index in [0.717, 1.165) is 18.0 Å². The summed E-state index contributed by atoms with van der Waals surface area (Å²) in [5.74, 6) is 7.01. The molecule has 0 aliphatic heterocycles. The first kappa shape index (κ1) is 11.7. The SMILES string of the molecule is CN(Cc1sccc1C#CCN)CC1CC1. The van der Waals surface area contributed by atoms with E-state index in [1.165, 1.54) is 24.3 Å². The molecule has 2 nitrogen and oxygen atoms in total. The third-order valence-corrected chi connectivity index (χ3v) is 3.66. The van der Waals surface area contributed by atoms with Gasteiger partial charge in [0, 0.05) is 23.5 Å². The molecule has 2 N–H and O–H groups in total. The molecule has 0 radical (unpaired) electrons. The zero-order valence-electron chi connectivity index (χ0n) is 9.70. The highest BCUT2D eigenvalue weighted by atomic mass is 32.1. The summed E-state index contributed by atoms with van der Waals surface area (Å²) < 4.78 is 0. The van der Waals surface area contributed by atoms with E-state index in [2.05, 4.69) is 35.2 Å². The fourth-order valence-electron chi connectivity index (χ4n) is 1.77. The molecule has 0 saturated heterocycles. The number of nitrogens with two attached hydrogens (primary N) is 1. The molecule has 86 valence electrons. The Kier molecular flexibility index (Phi) is 4.00. The van der Waals surface area contributed by atoms with E-state index < -0.39 is 0 Å². The van der Waals surface area contributed by atoms with E-state index in [1.807, 2.05) is 0 Å². The quantitative estimate of drug-likeness (QED) is 0.806. The van der Waals surface area contributed by atoms with Crippen molar-refractivity contribution in [3.05, 3.63) is 21.9 Å². The Labute approximate surface area is 101 Å². The van der Waals surface area contributed by atoms with Crippen LogP contribution in [0, 0.1) is 17.8 Å². The number of nitrogens with zero attached hydrogens (tertiary/aromatic N) is 1. The van der Waals surface area contributed by atoms with Crippen molar-refractivity contribution < 1.29 is 0 Å². The molecule has 1 aliphatic rings. The van der Waals surface area contributed by atoms with Gasteiger partial charge in [0.2, 0.25) is 0 Å². The molecular formula is C13H18N2S. The van der Waals surface area contributed by atoms with Gasteiger partial charge in [-0.3, -0.25) is 0 Å². The molecule has 1 fully saturated rings. The van der Waals surface area contributed by atoms with Crippen molar-refractivity contribution in [1.29, 1.82) is 0 Å². The van der Waals surface area contributed by atoms with Crippen LogP contribution in [0.4, 0.5) is 0 Å². The second-order valence-electron chi connectivity index (χ2n) is 4.40. The minimum Gasteiger partial charge on any atom is -0.320 e. The topological polar surface area (TPSA) is 29.3 Å². The maximum absolute atomic E-state index is 5.39. The Morgan fingerprint density at radius 3 is 3.06 bits per heavy atom. The van der Waals surface area contributed by atoms with Crippen LogP contribution in [-0.4, -0.2) is 25.0 Å². The van der Waals surface area contributed by atoms with Gasteiger partial charge in [-0.25, -0.2) is 0 Å². The first-order valence-corrected chi connectivity index (χ1v) is 6.61. The molecule has 0 atom stereocenters. The normalized spacial score (nSPS) is 14.9. The van der Waals surface area contributed by atoms with Crippen LogP contribution in [-0.2, 0) is 6.54 Å². The number of thiophene rings is 1. The Bertz CT molecular complexity index is 396. The molecule has 0 spiro atoms. The molecule has 2 rings (SSSR count). The average molecular weight is 234 g/mol. The van der Waals surface area contributed by atoms with Crippen molar-refractivity contribution in [2.75, 3.05) is 20.1 Å². The van der Waals surface area contributed by atoms with E-state index in [4.69, 9.17) is 5.73 Å². The molecule has 1 aliphatic carbocycles. The van der Waals surface area contributed by atoms with E-state index in [1.54, 1.807) is 11.3 Å². The zero-order valence-corrected chi connectivity index (χ0v) is 10.5. The molecule has 0 unspecified atom stereocenters. The Morgan fingerprint density at radius 1 is 1.56 bits per heavy atom. The van der Waals surface area contributed by atoms with Crippen molar-refractivity contribution in [3.63, 3.8) is 0 Å². The van der Waals surface area contributed by atoms with Crippen LogP contribution in [0.3, 0.4) is 0 Å². The number of hydrogen-bond donors (Lipinski definition) is 1. The second kappa shape index (κ2) is 5.49. The van der Waals surface area contributed by atoms with Crippen LogP contribution in [0.25, 0.3) is 0 Å². The van der Waals surface area contributed by atoms with Crippen molar-refractivity contribution in [2.24, 2.45) is 11.7 Å². The van der Waals surface area contributed by atoms with Gasteiger partial charge in [-0.2, -0.15) is 0 Å². The lowest BCUT2D eigenvalue weighted by Crippen LogP contribution is -2.20. The summed E-state index contributed by atoms with van der Waals surface area (Å²) in [6.45, 7) is 2.68. The molecule has 0 amide bonds. The van der Waals surface area contributed by atoms with Crippen molar-refractivity contribution in [2.45, 2.75) is 19.4 Å². The maximum atomic E-state index is 5.39. The summed E-state index contributed by atoms with van der Waals surface area (Å²) in [7, 11) is 2.19. The van der Waals surface area contributed by atoms with Gasteiger partial charge in [-0.15, -0.1) is 11.3 Å². The number of hydrogen-bond acceptors (Lipinski definition) is 3. The monoisotopic (exact) mass is 234 g/mol. The standard InChI is InChI=1S/C13H18N2S/c1-15(9-11-4-5-11)10-13-12(3-2-7-14)6-8-16-13/h6,8,11H,4-5,7,9-10,14H2,1H3. The summed E-state index contributed by atoms with van der Waals surface area (Å²) in [6, 6.07) is 2.09. The smallest absolute Gasteiger partial charge is 0.0555 e. The first-order valence-electron chi connectivity index (χ1n) is 5.73. The number of rotatable bonds is 4. The molecule has 0 aromatic carbocycles. The fraction of sp³-hybridized carbons (Fsp3) is 0.538. The van der Waals surface area contributed by atoms with Gasteiger partial charge in [0.05, 0.1) is 6.54 Å². The highest BCUT2D eigenvalue weighted by molar-refractivity contribution is 7.10. The molecule has 3 heteroatoms. The van der Waals surface area contributed by atoms with Crippen LogP contribution in [0.2, 0.25) is 0 Å². The summed E-state index contributed by atoms with van der Waals surface area (Å²) in [6.07, 6.45) is 2.82. The predicted octanol–water partition coefficient (Wildman–Crippen LogP) is 1.90. The Balaban J connectivity index is 1.94. The molecule has 0 bridgehead atoms. The van der Waals surface area contributed by atoms with Gasteiger partial charge in [-0.1, -0.05) is 11.8 Å².